The summed E-state index contributed by atoms with van der Waals surface area (Å²) in [4.78, 5) is 17.5. The third kappa shape index (κ3) is 3.35. The molecular formula is C13H16ClFN2O2. The summed E-state index contributed by atoms with van der Waals surface area (Å²) in [5.41, 5.74) is 0. The van der Waals surface area contributed by atoms with Crippen molar-refractivity contribution in [3.05, 3.63) is 23.1 Å². The fraction of sp³-hybridized carbons (Fsp3) is 0.538. The number of anilines is 1. The van der Waals surface area contributed by atoms with E-state index in [1.54, 1.807) is 6.92 Å². The van der Waals surface area contributed by atoms with Gasteiger partial charge in [-0.2, -0.15) is 0 Å². The van der Waals surface area contributed by atoms with E-state index in [1.807, 2.05) is 4.90 Å². The van der Waals surface area contributed by atoms with E-state index in [0.29, 0.717) is 38.4 Å². The lowest BCUT2D eigenvalue weighted by Crippen LogP contribution is -2.37. The third-order valence-corrected chi connectivity index (χ3v) is 3.41. The molecule has 0 N–H and O–H groups in total. The Morgan fingerprint density at radius 2 is 2.26 bits per heavy atom. The number of carbonyl (C=O) groups excluding carboxylic acids is 1. The number of esters is 1. The molecule has 1 aromatic heterocycles. The van der Waals surface area contributed by atoms with Crippen LogP contribution in [-0.4, -0.2) is 30.6 Å². The summed E-state index contributed by atoms with van der Waals surface area (Å²) in [7, 11) is 0. The third-order valence-electron chi connectivity index (χ3n) is 3.20. The molecule has 0 atom stereocenters. The number of hydrogen-bond donors (Lipinski definition) is 0. The number of pyridine rings is 1. The van der Waals surface area contributed by atoms with Crippen molar-refractivity contribution in [2.75, 3.05) is 24.6 Å². The SMILES string of the molecule is CCOC(=O)C1CCN(c2ncc(Cl)cc2F)CC1. The Kier molecular flexibility index (Phi) is 4.58. The zero-order valence-electron chi connectivity index (χ0n) is 10.7. The average molecular weight is 287 g/mol. The zero-order valence-corrected chi connectivity index (χ0v) is 11.5. The molecule has 0 unspecified atom stereocenters. The molecule has 6 heteroatoms. The number of piperidine rings is 1. The monoisotopic (exact) mass is 286 g/mol. The van der Waals surface area contributed by atoms with E-state index in [4.69, 9.17) is 16.3 Å². The first-order valence-corrected chi connectivity index (χ1v) is 6.72. The topological polar surface area (TPSA) is 42.4 Å². The van der Waals surface area contributed by atoms with Crippen molar-refractivity contribution in [1.29, 1.82) is 0 Å². The number of halogens is 2. The molecule has 0 aliphatic carbocycles. The summed E-state index contributed by atoms with van der Waals surface area (Å²) in [6.45, 7) is 3.37. The van der Waals surface area contributed by atoms with Gasteiger partial charge in [0.25, 0.3) is 0 Å². The van der Waals surface area contributed by atoms with Gasteiger partial charge in [0.05, 0.1) is 17.5 Å². The van der Waals surface area contributed by atoms with Gasteiger partial charge in [0.2, 0.25) is 0 Å². The summed E-state index contributed by atoms with van der Waals surface area (Å²) in [6.07, 6.45) is 2.74. The highest BCUT2D eigenvalue weighted by Gasteiger charge is 2.27. The highest BCUT2D eigenvalue weighted by molar-refractivity contribution is 6.30. The normalized spacial score (nSPS) is 16.5. The minimum atomic E-state index is -0.429. The Bertz CT molecular complexity index is 462. The molecule has 0 saturated carbocycles. The van der Waals surface area contributed by atoms with Gasteiger partial charge in [-0.1, -0.05) is 11.6 Å². The molecule has 0 spiro atoms. The average Bonchev–Trinajstić information content (AvgIpc) is 2.39. The van der Waals surface area contributed by atoms with Crippen molar-refractivity contribution in [3.63, 3.8) is 0 Å². The summed E-state index contributed by atoms with van der Waals surface area (Å²) in [6, 6.07) is 1.25. The molecule has 0 radical (unpaired) electrons. The van der Waals surface area contributed by atoms with Crippen molar-refractivity contribution in [3.8, 4) is 0 Å². The van der Waals surface area contributed by atoms with Gasteiger partial charge < -0.3 is 9.64 Å². The van der Waals surface area contributed by atoms with Crippen molar-refractivity contribution in [2.45, 2.75) is 19.8 Å². The van der Waals surface area contributed by atoms with Gasteiger partial charge in [0.1, 0.15) is 0 Å². The zero-order chi connectivity index (χ0) is 13.8. The van der Waals surface area contributed by atoms with Crippen LogP contribution in [0.5, 0.6) is 0 Å². The highest BCUT2D eigenvalue weighted by atomic mass is 35.5. The van der Waals surface area contributed by atoms with Crippen LogP contribution in [0.1, 0.15) is 19.8 Å². The van der Waals surface area contributed by atoms with Crippen LogP contribution in [0, 0.1) is 11.7 Å². The fourth-order valence-corrected chi connectivity index (χ4v) is 2.37. The second-order valence-corrected chi connectivity index (χ2v) is 4.91. The molecule has 0 bridgehead atoms. The lowest BCUT2D eigenvalue weighted by Gasteiger charge is -2.31. The number of nitrogens with zero attached hydrogens (tertiary/aromatic N) is 2. The summed E-state index contributed by atoms with van der Waals surface area (Å²) in [5, 5.41) is 0.280. The molecule has 19 heavy (non-hydrogen) atoms. The van der Waals surface area contributed by atoms with Gasteiger partial charge in [0, 0.05) is 19.3 Å². The van der Waals surface area contributed by atoms with Gasteiger partial charge >= 0.3 is 5.97 Å². The molecule has 1 fully saturated rings. The smallest absolute Gasteiger partial charge is 0.309 e. The number of aromatic nitrogens is 1. The predicted octanol–water partition coefficient (Wildman–Crippen LogP) is 2.65. The molecule has 0 amide bonds. The van der Waals surface area contributed by atoms with Crippen molar-refractivity contribution in [2.24, 2.45) is 5.92 Å². The molecule has 1 aliphatic rings. The lowest BCUT2D eigenvalue weighted by molar-refractivity contribution is -0.148. The van der Waals surface area contributed by atoms with Crippen LogP contribution < -0.4 is 4.90 Å². The quantitative estimate of drug-likeness (QED) is 0.801. The van der Waals surface area contributed by atoms with E-state index >= 15 is 0 Å². The van der Waals surface area contributed by atoms with E-state index in [0.717, 1.165) is 0 Å². The maximum atomic E-state index is 13.7. The lowest BCUT2D eigenvalue weighted by atomic mass is 9.97. The Morgan fingerprint density at radius 3 is 2.84 bits per heavy atom. The second kappa shape index (κ2) is 6.19. The maximum Gasteiger partial charge on any atom is 0.309 e. The second-order valence-electron chi connectivity index (χ2n) is 4.47. The van der Waals surface area contributed by atoms with E-state index in [9.17, 15) is 9.18 Å². The van der Waals surface area contributed by atoms with E-state index in [-0.39, 0.29) is 16.9 Å². The molecule has 2 rings (SSSR count). The molecule has 4 nitrogen and oxygen atoms in total. The van der Waals surface area contributed by atoms with Gasteiger partial charge in [-0.05, 0) is 25.8 Å². The largest absolute Gasteiger partial charge is 0.466 e. The first-order valence-electron chi connectivity index (χ1n) is 6.34. The minimum Gasteiger partial charge on any atom is -0.466 e. The fourth-order valence-electron chi connectivity index (χ4n) is 2.23. The molecule has 2 heterocycles. The van der Waals surface area contributed by atoms with Crippen molar-refractivity contribution >= 4 is 23.4 Å². The number of hydrogen-bond acceptors (Lipinski definition) is 4. The van der Waals surface area contributed by atoms with Gasteiger partial charge in [-0.25, -0.2) is 9.37 Å². The Morgan fingerprint density at radius 1 is 1.58 bits per heavy atom. The minimum absolute atomic E-state index is 0.0911. The standard InChI is InChI=1S/C13H16ClFN2O2/c1-2-19-13(18)9-3-5-17(6-4-9)12-11(15)7-10(14)8-16-12/h7-9H,2-6H2,1H3. The van der Waals surface area contributed by atoms with Crippen LogP contribution in [-0.2, 0) is 9.53 Å². The van der Waals surface area contributed by atoms with E-state index in [1.165, 1.54) is 12.3 Å². The maximum absolute atomic E-state index is 13.7. The predicted molar refractivity (Wildman–Crippen MR) is 70.8 cm³/mol. The van der Waals surface area contributed by atoms with Crippen LogP contribution in [0.4, 0.5) is 10.2 Å². The first-order chi connectivity index (χ1) is 9.11. The van der Waals surface area contributed by atoms with Gasteiger partial charge in [-0.3, -0.25) is 4.79 Å². The Labute approximate surface area is 116 Å². The van der Waals surface area contributed by atoms with Crippen LogP contribution >= 0.6 is 11.6 Å². The van der Waals surface area contributed by atoms with E-state index < -0.39 is 5.82 Å². The first kappa shape index (κ1) is 14.1. The summed E-state index contributed by atoms with van der Waals surface area (Å²) >= 11 is 5.67. The van der Waals surface area contributed by atoms with E-state index in [2.05, 4.69) is 4.98 Å². The molecular weight excluding hydrogens is 271 g/mol. The van der Waals surface area contributed by atoms with Gasteiger partial charge in [-0.15, -0.1) is 0 Å². The molecule has 1 aliphatic heterocycles. The summed E-state index contributed by atoms with van der Waals surface area (Å²) < 4.78 is 18.7. The highest BCUT2D eigenvalue weighted by Crippen LogP contribution is 2.25. The number of ether oxygens (including phenoxy) is 1. The number of rotatable bonds is 3. The Balaban J connectivity index is 1.98. The van der Waals surface area contributed by atoms with Crippen molar-refractivity contribution < 1.29 is 13.9 Å². The number of carbonyl (C=O) groups is 1. The van der Waals surface area contributed by atoms with Crippen LogP contribution in [0.2, 0.25) is 5.02 Å². The molecule has 1 aromatic rings. The van der Waals surface area contributed by atoms with Crippen LogP contribution in [0.3, 0.4) is 0 Å². The molecule has 1 saturated heterocycles. The van der Waals surface area contributed by atoms with Crippen molar-refractivity contribution in [1.82, 2.24) is 4.98 Å². The van der Waals surface area contributed by atoms with Gasteiger partial charge in [0.15, 0.2) is 11.6 Å². The molecule has 0 aromatic carbocycles. The molecule has 104 valence electrons. The van der Waals surface area contributed by atoms with Crippen LogP contribution in [0.25, 0.3) is 0 Å². The Hall–Kier alpha value is -1.36. The van der Waals surface area contributed by atoms with Crippen LogP contribution in [0.15, 0.2) is 12.3 Å². The summed E-state index contributed by atoms with van der Waals surface area (Å²) in [5.74, 6) is -0.382.